The van der Waals surface area contributed by atoms with Crippen molar-refractivity contribution < 1.29 is 14.7 Å². The molecule has 0 radical (unpaired) electrons. The zero-order valence-corrected chi connectivity index (χ0v) is 9.17. The molecule has 0 aliphatic carbocycles. The van der Waals surface area contributed by atoms with Crippen LogP contribution in [0.15, 0.2) is 24.4 Å². The molecule has 1 aromatic carbocycles. The largest absolute Gasteiger partial charge is 0.480 e. The molecule has 1 aromatic heterocycles. The van der Waals surface area contributed by atoms with Crippen molar-refractivity contribution in [2.24, 2.45) is 0 Å². The molecule has 0 aliphatic rings. The Bertz CT molecular complexity index is 576. The Kier molecular flexibility index (Phi) is 2.78. The first-order chi connectivity index (χ1) is 8.08. The van der Waals surface area contributed by atoms with Gasteiger partial charge in [0.05, 0.1) is 11.7 Å². The lowest BCUT2D eigenvalue weighted by Gasteiger charge is -2.14. The molecule has 0 atom stereocenters. The number of hydrogen-bond acceptors (Lipinski definition) is 3. The van der Waals surface area contributed by atoms with E-state index >= 15 is 0 Å². The lowest BCUT2D eigenvalue weighted by Crippen LogP contribution is -2.31. The molecule has 17 heavy (non-hydrogen) atoms. The van der Waals surface area contributed by atoms with Crippen LogP contribution in [-0.2, 0) is 4.79 Å². The summed E-state index contributed by atoms with van der Waals surface area (Å²) < 4.78 is 0. The maximum atomic E-state index is 11.9. The number of carbonyl (C=O) groups is 2. The number of carboxylic acids is 1. The third-order valence-electron chi connectivity index (χ3n) is 2.41. The Hall–Kier alpha value is -2.37. The number of likely N-dealkylation sites (N-methyl/N-ethyl adjacent to an activating group) is 1. The summed E-state index contributed by atoms with van der Waals surface area (Å²) in [5, 5.41) is 16.1. The molecule has 2 N–H and O–H groups in total. The van der Waals surface area contributed by atoms with Crippen LogP contribution in [0.25, 0.3) is 10.9 Å². The fraction of sp³-hybridized carbons (Fsp3) is 0.182. The van der Waals surface area contributed by atoms with E-state index in [-0.39, 0.29) is 12.5 Å². The normalized spacial score (nSPS) is 10.4. The summed E-state index contributed by atoms with van der Waals surface area (Å²) in [4.78, 5) is 23.5. The second kappa shape index (κ2) is 4.25. The number of aromatic amines is 1. The van der Waals surface area contributed by atoms with Gasteiger partial charge in [-0.25, -0.2) is 0 Å². The average Bonchev–Trinajstić information content (AvgIpc) is 2.73. The Morgan fingerprint density at radius 3 is 2.94 bits per heavy atom. The van der Waals surface area contributed by atoms with Gasteiger partial charge < -0.3 is 10.0 Å². The first-order valence-electron chi connectivity index (χ1n) is 4.98. The van der Waals surface area contributed by atoms with E-state index < -0.39 is 5.97 Å². The monoisotopic (exact) mass is 233 g/mol. The van der Waals surface area contributed by atoms with E-state index in [1.807, 2.05) is 0 Å². The van der Waals surface area contributed by atoms with Crippen LogP contribution in [-0.4, -0.2) is 45.7 Å². The summed E-state index contributed by atoms with van der Waals surface area (Å²) in [6.45, 7) is -0.317. The molecular weight excluding hydrogens is 222 g/mol. The van der Waals surface area contributed by atoms with Gasteiger partial charge in [-0.05, 0) is 18.2 Å². The highest BCUT2D eigenvalue weighted by atomic mass is 16.4. The quantitative estimate of drug-likeness (QED) is 0.817. The van der Waals surface area contributed by atoms with Gasteiger partial charge in [0.15, 0.2) is 0 Å². The van der Waals surface area contributed by atoms with E-state index in [9.17, 15) is 9.59 Å². The van der Waals surface area contributed by atoms with Crippen LogP contribution < -0.4 is 0 Å². The van der Waals surface area contributed by atoms with Gasteiger partial charge in [-0.1, -0.05) is 0 Å². The van der Waals surface area contributed by atoms with Crippen LogP contribution in [0, 0.1) is 0 Å². The van der Waals surface area contributed by atoms with Gasteiger partial charge in [0.25, 0.3) is 5.91 Å². The van der Waals surface area contributed by atoms with E-state index in [1.54, 1.807) is 24.4 Å². The highest BCUT2D eigenvalue weighted by Crippen LogP contribution is 2.14. The Balaban J connectivity index is 2.26. The summed E-state index contributed by atoms with van der Waals surface area (Å²) in [6.07, 6.45) is 1.61. The van der Waals surface area contributed by atoms with Crippen LogP contribution in [0.4, 0.5) is 0 Å². The standard InChI is InChI=1S/C11H11N3O3/c1-14(6-10(15)16)11(17)7-2-3-9-8(4-7)5-12-13-9/h2-5H,6H2,1H3,(H,12,13)(H,15,16). The minimum atomic E-state index is -1.04. The zero-order chi connectivity index (χ0) is 12.4. The smallest absolute Gasteiger partial charge is 0.323 e. The van der Waals surface area contributed by atoms with Crippen LogP contribution in [0.3, 0.4) is 0 Å². The minimum absolute atomic E-state index is 0.317. The van der Waals surface area contributed by atoms with Gasteiger partial charge >= 0.3 is 5.97 Å². The van der Waals surface area contributed by atoms with E-state index in [1.165, 1.54) is 7.05 Å². The molecule has 0 unspecified atom stereocenters. The minimum Gasteiger partial charge on any atom is -0.480 e. The highest BCUT2D eigenvalue weighted by molar-refractivity contribution is 5.98. The third kappa shape index (κ3) is 2.25. The van der Waals surface area contributed by atoms with Gasteiger partial charge in [-0.3, -0.25) is 14.7 Å². The average molecular weight is 233 g/mol. The molecule has 88 valence electrons. The van der Waals surface area contributed by atoms with Crippen molar-refractivity contribution in [1.29, 1.82) is 0 Å². The SMILES string of the molecule is CN(CC(=O)O)C(=O)c1ccc2[nH]ncc2c1. The maximum Gasteiger partial charge on any atom is 0.323 e. The van der Waals surface area contributed by atoms with Crippen molar-refractivity contribution in [2.75, 3.05) is 13.6 Å². The Morgan fingerprint density at radius 1 is 1.47 bits per heavy atom. The van der Waals surface area contributed by atoms with Crippen molar-refractivity contribution in [2.45, 2.75) is 0 Å². The molecule has 0 bridgehead atoms. The summed E-state index contributed by atoms with van der Waals surface area (Å²) in [5.74, 6) is -1.36. The summed E-state index contributed by atoms with van der Waals surface area (Å²) in [7, 11) is 1.45. The molecule has 0 saturated heterocycles. The number of fused-ring (bicyclic) bond motifs is 1. The number of aliphatic carboxylic acids is 1. The molecule has 0 saturated carbocycles. The molecule has 0 fully saturated rings. The van der Waals surface area contributed by atoms with Gasteiger partial charge in [0.1, 0.15) is 6.54 Å². The topological polar surface area (TPSA) is 86.3 Å². The molecule has 1 amide bonds. The molecule has 6 heteroatoms. The third-order valence-corrected chi connectivity index (χ3v) is 2.41. The number of benzene rings is 1. The first-order valence-corrected chi connectivity index (χ1v) is 4.98. The van der Waals surface area contributed by atoms with Gasteiger partial charge in [-0.2, -0.15) is 5.10 Å². The van der Waals surface area contributed by atoms with Crippen LogP contribution >= 0.6 is 0 Å². The predicted molar refractivity (Wildman–Crippen MR) is 60.7 cm³/mol. The van der Waals surface area contributed by atoms with Crippen LogP contribution in [0.2, 0.25) is 0 Å². The molecule has 0 spiro atoms. The van der Waals surface area contributed by atoms with Crippen molar-refractivity contribution >= 4 is 22.8 Å². The number of amides is 1. The van der Waals surface area contributed by atoms with Crippen molar-refractivity contribution in [3.8, 4) is 0 Å². The van der Waals surface area contributed by atoms with E-state index in [2.05, 4.69) is 10.2 Å². The number of nitrogens with one attached hydrogen (secondary N) is 1. The second-order valence-corrected chi connectivity index (χ2v) is 3.73. The molecule has 2 aromatic rings. The Labute approximate surface area is 96.8 Å². The summed E-state index contributed by atoms with van der Waals surface area (Å²) in [6, 6.07) is 5.06. The Morgan fingerprint density at radius 2 is 2.24 bits per heavy atom. The van der Waals surface area contributed by atoms with Gasteiger partial charge in [0, 0.05) is 18.0 Å². The first kappa shape index (κ1) is 11.1. The number of hydrogen-bond donors (Lipinski definition) is 2. The number of H-pyrrole nitrogens is 1. The van der Waals surface area contributed by atoms with Gasteiger partial charge in [0.2, 0.25) is 0 Å². The number of carboxylic acid groups (broad SMARTS) is 1. The number of carbonyl (C=O) groups excluding carboxylic acids is 1. The molecule has 0 aliphatic heterocycles. The van der Waals surface area contributed by atoms with E-state index in [4.69, 9.17) is 5.11 Å². The maximum absolute atomic E-state index is 11.9. The van der Waals surface area contributed by atoms with Crippen molar-refractivity contribution in [1.82, 2.24) is 15.1 Å². The molecular formula is C11H11N3O3. The van der Waals surface area contributed by atoms with E-state index in [0.29, 0.717) is 5.56 Å². The number of aromatic nitrogens is 2. The van der Waals surface area contributed by atoms with Gasteiger partial charge in [-0.15, -0.1) is 0 Å². The van der Waals surface area contributed by atoms with Crippen LogP contribution in [0.1, 0.15) is 10.4 Å². The fourth-order valence-corrected chi connectivity index (χ4v) is 1.57. The fourth-order valence-electron chi connectivity index (χ4n) is 1.57. The second-order valence-electron chi connectivity index (χ2n) is 3.73. The number of nitrogens with zero attached hydrogens (tertiary/aromatic N) is 2. The zero-order valence-electron chi connectivity index (χ0n) is 9.17. The lowest BCUT2D eigenvalue weighted by molar-refractivity contribution is -0.137. The van der Waals surface area contributed by atoms with E-state index in [0.717, 1.165) is 15.8 Å². The van der Waals surface area contributed by atoms with Crippen molar-refractivity contribution in [3.63, 3.8) is 0 Å². The lowest BCUT2D eigenvalue weighted by atomic mass is 10.1. The van der Waals surface area contributed by atoms with Crippen LogP contribution in [0.5, 0.6) is 0 Å². The highest BCUT2D eigenvalue weighted by Gasteiger charge is 2.14. The molecule has 6 nitrogen and oxygen atoms in total. The molecule has 2 rings (SSSR count). The summed E-state index contributed by atoms with van der Waals surface area (Å²) in [5.41, 5.74) is 1.28. The van der Waals surface area contributed by atoms with Crippen molar-refractivity contribution in [3.05, 3.63) is 30.0 Å². The number of rotatable bonds is 3. The molecule has 1 heterocycles. The summed E-state index contributed by atoms with van der Waals surface area (Å²) >= 11 is 0. The predicted octanol–water partition coefficient (Wildman–Crippen LogP) is 0.719.